The van der Waals surface area contributed by atoms with Crippen LogP contribution in [0.5, 0.6) is 0 Å². The molecule has 0 amide bonds. The number of hydrogen-bond acceptors (Lipinski definition) is 3. The summed E-state index contributed by atoms with van der Waals surface area (Å²) in [7, 11) is 0. The van der Waals surface area contributed by atoms with Crippen LogP contribution < -0.4 is 26.4 Å². The topological polar surface area (TPSA) is 20.9 Å². The van der Waals surface area contributed by atoms with Crippen LogP contribution >= 0.6 is 25.3 Å². The van der Waals surface area contributed by atoms with Gasteiger partial charge in [-0.3, -0.25) is 4.79 Å². The van der Waals surface area contributed by atoms with E-state index in [2.05, 4.69) is 25.3 Å². The Morgan fingerprint density at radius 3 is 1.02 bits per heavy atom. The van der Waals surface area contributed by atoms with E-state index >= 15 is 35.1 Å². The van der Waals surface area contributed by atoms with Gasteiger partial charge in [-0.15, -0.1) is 34.5 Å². The summed E-state index contributed by atoms with van der Waals surface area (Å²) in [4.78, 5) is 13.2. The van der Waals surface area contributed by atoms with Crippen molar-refractivity contribution < 1.29 is 97.2 Å². The molecule has 7 aromatic rings. The van der Waals surface area contributed by atoms with Gasteiger partial charge in [0.25, 0.3) is 0 Å². The van der Waals surface area contributed by atoms with Crippen LogP contribution in [-0.4, -0.2) is 11.9 Å². The standard InChI is InChI=1S/C24BF20.C17H13NOS2/c26-5-1(6(27)14(35)21(42)13(5)34)25(2-7(28)15(36)22(43)16(37)8(2)29,3-9(30)17(38)23(44)18(39)10(3)31)4-11(32)19(40)24(45)20(41)12(4)33;19-14(12-5-2-1-3-6-12)11-18-10-9-13-7-4-8-15(20)16(13)17(18)21/h;1-10H,11H2,(H,20,21)/q-1;/p+1. The van der Waals surface area contributed by atoms with E-state index in [1.807, 2.05) is 65.4 Å². The second kappa shape index (κ2) is 18.2. The predicted octanol–water partition coefficient (Wildman–Crippen LogP) is 9.43. The van der Waals surface area contributed by atoms with Crippen molar-refractivity contribution in [2.24, 2.45) is 0 Å². The molecule has 1 heterocycles. The zero-order valence-corrected chi connectivity index (χ0v) is 33.2. The van der Waals surface area contributed by atoms with Crippen molar-refractivity contribution in [1.29, 1.82) is 0 Å². The van der Waals surface area contributed by atoms with Crippen molar-refractivity contribution in [3.05, 3.63) is 183 Å². The first-order chi connectivity index (χ1) is 30.9. The third kappa shape index (κ3) is 7.57. The molecule has 1 aromatic heterocycles. The van der Waals surface area contributed by atoms with Gasteiger partial charge in [-0.25, -0.2) is 87.8 Å². The average molecular weight is 991 g/mol. The number of benzene rings is 6. The number of carbonyl (C=O) groups is 1. The summed E-state index contributed by atoms with van der Waals surface area (Å²) in [5, 5.41) is 2.78. The molecule has 0 aliphatic carbocycles. The maximum Gasteiger partial charge on any atom is 0.246 e. The number of ketones is 1. The SMILES string of the molecule is Fc1c(F)c(F)c([B-](c2c(F)c(F)c(F)c(F)c2F)(c2c(F)c(F)c(F)c(F)c2F)c2c(F)c(F)c(F)c(F)c2F)c(F)c1F.O=C(C[n+]1ccc2cccc(S)c2c1S)c1ccccc1. The summed E-state index contributed by atoms with van der Waals surface area (Å²) in [5.41, 5.74) is -13.6. The highest BCUT2D eigenvalue weighted by Crippen LogP contribution is 2.31. The van der Waals surface area contributed by atoms with Gasteiger partial charge in [-0.1, -0.05) is 55.1 Å². The Balaban J connectivity index is 0.000000284. The van der Waals surface area contributed by atoms with E-state index in [1.165, 1.54) is 0 Å². The van der Waals surface area contributed by atoms with Gasteiger partial charge in [-0.2, -0.15) is 4.57 Å². The molecule has 0 unspecified atom stereocenters. The molecule has 0 aliphatic rings. The lowest BCUT2D eigenvalue weighted by atomic mass is 9.12. The van der Waals surface area contributed by atoms with E-state index in [0.29, 0.717) is 5.56 Å². The summed E-state index contributed by atoms with van der Waals surface area (Å²) in [6.45, 7) is 0.265. The largest absolute Gasteiger partial charge is 0.287 e. The lowest BCUT2D eigenvalue weighted by Crippen LogP contribution is -2.81. The Hall–Kier alpha value is -6.24. The molecule has 0 radical (unpaired) electrons. The smallest absolute Gasteiger partial charge is 0.246 e. The lowest BCUT2D eigenvalue weighted by molar-refractivity contribution is -0.717. The minimum absolute atomic E-state index is 0.0619. The number of Topliss-reactive ketones (excluding diaryl/α,β-unsaturated/α-hetero) is 1. The lowest BCUT2D eigenvalue weighted by Gasteiger charge is -2.44. The van der Waals surface area contributed by atoms with Crippen LogP contribution in [0.15, 0.2) is 70.7 Å². The summed E-state index contributed by atoms with van der Waals surface area (Å²) < 4.78 is 296. The van der Waals surface area contributed by atoms with E-state index in [1.54, 1.807) is 0 Å². The summed E-state index contributed by atoms with van der Waals surface area (Å²) in [6.07, 6.45) is -5.33. The van der Waals surface area contributed by atoms with E-state index in [-0.39, 0.29) is 12.3 Å². The fourth-order valence-corrected chi connectivity index (χ4v) is 7.99. The third-order valence-electron chi connectivity index (χ3n) is 10.1. The van der Waals surface area contributed by atoms with E-state index in [9.17, 15) is 57.5 Å². The highest BCUT2D eigenvalue weighted by atomic mass is 32.1. The van der Waals surface area contributed by atoms with Gasteiger partial charge in [0, 0.05) is 16.5 Å². The molecule has 2 nitrogen and oxygen atoms in total. The number of pyridine rings is 1. The molecule has 0 bridgehead atoms. The Morgan fingerprint density at radius 1 is 0.394 bits per heavy atom. The summed E-state index contributed by atoms with van der Waals surface area (Å²) >= 11 is 9.06. The van der Waals surface area contributed by atoms with Crippen molar-refractivity contribution in [3.63, 3.8) is 0 Å². The zero-order chi connectivity index (χ0) is 49.2. The molecule has 6 aromatic carbocycles. The molecule has 0 spiro atoms. The molecule has 25 heteroatoms. The summed E-state index contributed by atoms with van der Waals surface area (Å²) in [6, 6.07) is 17.2. The first kappa shape index (κ1) is 49.2. The molecule has 7 rings (SSSR count). The van der Waals surface area contributed by atoms with Crippen molar-refractivity contribution in [2.75, 3.05) is 0 Å². The van der Waals surface area contributed by atoms with E-state index < -0.39 is 144 Å². The second-order valence-corrected chi connectivity index (χ2v) is 14.5. The number of rotatable bonds is 7. The molecule has 0 saturated heterocycles. The van der Waals surface area contributed by atoms with Gasteiger partial charge in [-0.05, 0) is 11.5 Å². The number of hydrogen-bond donors (Lipinski definition) is 2. The van der Waals surface area contributed by atoms with Gasteiger partial charge in [0.2, 0.25) is 17.4 Å². The van der Waals surface area contributed by atoms with Crippen LogP contribution in [0, 0.1) is 116 Å². The normalized spacial score (nSPS) is 11.6. The number of halogens is 20. The highest BCUT2D eigenvalue weighted by Gasteiger charge is 2.52. The van der Waals surface area contributed by atoms with E-state index in [4.69, 9.17) is 0 Å². The molecular weight excluding hydrogens is 977 g/mol. The highest BCUT2D eigenvalue weighted by molar-refractivity contribution is 7.81. The van der Waals surface area contributed by atoms with Crippen molar-refractivity contribution >= 4 is 69.8 Å². The Kier molecular flexibility index (Phi) is 13.6. The van der Waals surface area contributed by atoms with Gasteiger partial charge < -0.3 is 0 Å². The first-order valence-electron chi connectivity index (χ1n) is 17.5. The molecule has 0 fully saturated rings. The fraction of sp³-hybridized carbons (Fsp3) is 0.0244. The van der Waals surface area contributed by atoms with Crippen LogP contribution in [0.1, 0.15) is 10.4 Å². The Morgan fingerprint density at radius 2 is 0.697 bits per heavy atom. The van der Waals surface area contributed by atoms with Crippen LogP contribution in [-0.2, 0) is 6.54 Å². The van der Waals surface area contributed by atoms with Crippen LogP contribution in [0.2, 0.25) is 0 Å². The molecule has 66 heavy (non-hydrogen) atoms. The molecule has 0 aliphatic heterocycles. The number of thiol groups is 2. The van der Waals surface area contributed by atoms with Crippen LogP contribution in [0.3, 0.4) is 0 Å². The quantitative estimate of drug-likeness (QED) is 0.0311. The fourth-order valence-electron chi connectivity index (χ4n) is 7.20. The predicted molar refractivity (Wildman–Crippen MR) is 199 cm³/mol. The number of aromatic nitrogens is 1. The Bertz CT molecular complexity index is 2790. The van der Waals surface area contributed by atoms with Gasteiger partial charge >= 0.3 is 0 Å². The molecule has 0 N–H and O–H groups in total. The maximum absolute atomic E-state index is 15.4. The van der Waals surface area contributed by atoms with Crippen molar-refractivity contribution in [1.82, 2.24) is 0 Å². The summed E-state index contributed by atoms with van der Waals surface area (Å²) in [5.74, 6) is -71.3. The van der Waals surface area contributed by atoms with E-state index in [0.717, 1.165) is 20.7 Å². The molecule has 0 atom stereocenters. The molecule has 344 valence electrons. The first-order valence-corrected chi connectivity index (χ1v) is 18.4. The molecule has 0 saturated carbocycles. The number of nitrogens with zero attached hydrogens (tertiary/aromatic N) is 1. The third-order valence-corrected chi connectivity index (χ3v) is 11.0. The number of carbonyl (C=O) groups excluding carboxylic acids is 1. The minimum atomic E-state index is -7.22. The van der Waals surface area contributed by atoms with Gasteiger partial charge in [0.1, 0.15) is 52.7 Å². The average Bonchev–Trinajstić information content (AvgIpc) is 3.30. The Labute approximate surface area is 365 Å². The van der Waals surface area contributed by atoms with Gasteiger partial charge in [0.05, 0.1) is 5.39 Å². The van der Waals surface area contributed by atoms with Crippen molar-refractivity contribution in [2.45, 2.75) is 16.5 Å². The van der Waals surface area contributed by atoms with Gasteiger partial charge in [0.15, 0.2) is 76.0 Å². The van der Waals surface area contributed by atoms with Crippen molar-refractivity contribution in [3.8, 4) is 0 Å². The van der Waals surface area contributed by atoms with Crippen LogP contribution in [0.4, 0.5) is 87.8 Å². The monoisotopic (exact) mass is 991 g/mol. The molecular formula is C41H14BF20NOS2. The minimum Gasteiger partial charge on any atom is -0.287 e. The van der Waals surface area contributed by atoms with Crippen LogP contribution in [0.25, 0.3) is 10.8 Å². The number of fused-ring (bicyclic) bond motifs is 1. The second-order valence-electron chi connectivity index (χ2n) is 13.6. The maximum atomic E-state index is 15.4. The zero-order valence-electron chi connectivity index (χ0n) is 31.4.